The maximum atomic E-state index is 11.9. The second kappa shape index (κ2) is 2.84. The van der Waals surface area contributed by atoms with E-state index >= 15 is 0 Å². The Hall–Kier alpha value is -1.31. The highest BCUT2D eigenvalue weighted by Crippen LogP contribution is 2.52. The van der Waals surface area contributed by atoms with Crippen molar-refractivity contribution >= 4 is 5.97 Å². The van der Waals surface area contributed by atoms with Crippen molar-refractivity contribution in [2.75, 3.05) is 0 Å². The van der Waals surface area contributed by atoms with Crippen molar-refractivity contribution in [1.29, 1.82) is 0 Å². The molecule has 0 spiro atoms. The van der Waals surface area contributed by atoms with E-state index in [-0.39, 0.29) is 17.5 Å². The number of esters is 1. The fourth-order valence-electron chi connectivity index (χ4n) is 3.12. The van der Waals surface area contributed by atoms with E-state index in [4.69, 9.17) is 4.74 Å². The van der Waals surface area contributed by atoms with Crippen LogP contribution in [0.4, 0.5) is 0 Å². The minimum absolute atomic E-state index is 0.0162. The second-order valence-corrected chi connectivity index (χ2v) is 4.61. The Bertz CT molecular complexity index is 398. The summed E-state index contributed by atoms with van der Waals surface area (Å²) in [5, 5.41) is 0. The monoisotopic (exact) mass is 202 g/mol. The lowest BCUT2D eigenvalue weighted by molar-refractivity contribution is -0.149. The molecule has 1 saturated heterocycles. The lowest BCUT2D eigenvalue weighted by Crippen LogP contribution is -2.34. The van der Waals surface area contributed by atoms with Crippen LogP contribution in [0.15, 0.2) is 30.3 Å². The molecule has 2 fully saturated rings. The molecule has 0 amide bonds. The Morgan fingerprint density at radius 1 is 1.33 bits per heavy atom. The summed E-state index contributed by atoms with van der Waals surface area (Å²) >= 11 is 0. The van der Waals surface area contributed by atoms with Gasteiger partial charge in [-0.3, -0.25) is 4.79 Å². The Kier molecular flexibility index (Phi) is 1.70. The third-order valence-electron chi connectivity index (χ3n) is 4.07. The minimum atomic E-state index is -0.341. The van der Waals surface area contributed by atoms with E-state index in [0.29, 0.717) is 5.92 Å². The van der Waals surface area contributed by atoms with Gasteiger partial charge in [0.05, 0.1) is 5.41 Å². The maximum Gasteiger partial charge on any atom is 0.317 e. The Balaban J connectivity index is 2.13. The van der Waals surface area contributed by atoms with Gasteiger partial charge in [-0.1, -0.05) is 37.3 Å². The third kappa shape index (κ3) is 0.969. The maximum absolute atomic E-state index is 11.9. The number of hydrogen-bond donors (Lipinski definition) is 0. The summed E-state index contributed by atoms with van der Waals surface area (Å²) in [5.74, 6) is 0.310. The van der Waals surface area contributed by atoms with Crippen LogP contribution in [0.25, 0.3) is 0 Å². The van der Waals surface area contributed by atoms with Crippen LogP contribution in [-0.2, 0) is 14.9 Å². The van der Waals surface area contributed by atoms with Crippen molar-refractivity contribution in [2.24, 2.45) is 5.92 Å². The molecule has 15 heavy (non-hydrogen) atoms. The number of hydrogen-bond acceptors (Lipinski definition) is 2. The van der Waals surface area contributed by atoms with Crippen molar-refractivity contribution in [3.63, 3.8) is 0 Å². The van der Waals surface area contributed by atoms with E-state index in [1.807, 2.05) is 30.3 Å². The standard InChI is InChI=1S/C13H14O2/c1-9-11-7-8-13(9,12(14)15-11)10-5-3-2-4-6-10/h2-6,9,11H,7-8H2,1H3/t9-,11+,13+/m0/s1. The predicted molar refractivity (Wildman–Crippen MR) is 56.4 cm³/mol. The van der Waals surface area contributed by atoms with Crippen molar-refractivity contribution in [3.05, 3.63) is 35.9 Å². The van der Waals surface area contributed by atoms with Gasteiger partial charge in [0.15, 0.2) is 0 Å². The van der Waals surface area contributed by atoms with Crippen molar-refractivity contribution in [2.45, 2.75) is 31.3 Å². The Morgan fingerprint density at radius 2 is 2.07 bits per heavy atom. The predicted octanol–water partition coefficient (Wildman–Crippen LogP) is 2.28. The summed E-state index contributed by atoms with van der Waals surface area (Å²) in [6.07, 6.45) is 2.11. The molecule has 2 aliphatic rings. The fourth-order valence-corrected chi connectivity index (χ4v) is 3.12. The zero-order valence-electron chi connectivity index (χ0n) is 8.77. The van der Waals surface area contributed by atoms with E-state index in [1.54, 1.807) is 0 Å². The molecule has 78 valence electrons. The highest BCUT2D eigenvalue weighted by Gasteiger charge is 2.60. The van der Waals surface area contributed by atoms with Crippen molar-refractivity contribution in [3.8, 4) is 0 Å². The first-order valence-corrected chi connectivity index (χ1v) is 5.52. The van der Waals surface area contributed by atoms with Crippen LogP contribution in [0, 0.1) is 5.92 Å². The third-order valence-corrected chi connectivity index (χ3v) is 4.07. The molecule has 0 radical (unpaired) electrons. The minimum Gasteiger partial charge on any atom is -0.461 e. The molecular weight excluding hydrogens is 188 g/mol. The van der Waals surface area contributed by atoms with Crippen LogP contribution >= 0.6 is 0 Å². The lowest BCUT2D eigenvalue weighted by Gasteiger charge is -2.26. The van der Waals surface area contributed by atoms with Crippen LogP contribution in [0.1, 0.15) is 25.3 Å². The largest absolute Gasteiger partial charge is 0.461 e. The smallest absolute Gasteiger partial charge is 0.317 e. The molecule has 1 aliphatic heterocycles. The summed E-state index contributed by atoms with van der Waals surface area (Å²) in [4.78, 5) is 11.9. The molecule has 2 heteroatoms. The van der Waals surface area contributed by atoms with Gasteiger partial charge in [0, 0.05) is 5.92 Å². The summed E-state index contributed by atoms with van der Waals surface area (Å²) < 4.78 is 5.39. The van der Waals surface area contributed by atoms with Crippen LogP contribution in [0.2, 0.25) is 0 Å². The second-order valence-electron chi connectivity index (χ2n) is 4.61. The van der Waals surface area contributed by atoms with Crippen molar-refractivity contribution in [1.82, 2.24) is 0 Å². The molecule has 3 atom stereocenters. The van der Waals surface area contributed by atoms with E-state index in [2.05, 4.69) is 6.92 Å². The van der Waals surface area contributed by atoms with E-state index in [1.165, 1.54) is 0 Å². The van der Waals surface area contributed by atoms with Crippen molar-refractivity contribution < 1.29 is 9.53 Å². The van der Waals surface area contributed by atoms with Gasteiger partial charge in [-0.05, 0) is 18.4 Å². The molecule has 1 heterocycles. The number of rotatable bonds is 1. The van der Waals surface area contributed by atoms with Gasteiger partial charge in [0.25, 0.3) is 0 Å². The summed E-state index contributed by atoms with van der Waals surface area (Å²) in [6, 6.07) is 10.1. The molecule has 0 aromatic heterocycles. The van der Waals surface area contributed by atoms with Crippen LogP contribution < -0.4 is 0 Å². The molecule has 1 aliphatic carbocycles. The molecule has 0 N–H and O–H groups in total. The van der Waals surface area contributed by atoms with Gasteiger partial charge in [0.2, 0.25) is 0 Å². The van der Waals surface area contributed by atoms with Gasteiger partial charge in [-0.25, -0.2) is 0 Å². The van der Waals surface area contributed by atoms with Crippen LogP contribution in [0.3, 0.4) is 0 Å². The first-order chi connectivity index (χ1) is 7.25. The number of carbonyl (C=O) groups excluding carboxylic acids is 1. The average molecular weight is 202 g/mol. The SMILES string of the molecule is C[C@H]1[C@H]2CC[C@@]1(c1ccccc1)C(=O)O2. The number of ether oxygens (including phenoxy) is 1. The first kappa shape index (κ1) is 8.96. The van der Waals surface area contributed by atoms with Gasteiger partial charge < -0.3 is 4.74 Å². The molecule has 3 rings (SSSR count). The molecule has 1 aromatic rings. The molecular formula is C13H14O2. The fraction of sp³-hybridized carbons (Fsp3) is 0.462. The molecule has 2 nitrogen and oxygen atoms in total. The summed E-state index contributed by atoms with van der Waals surface area (Å²) in [6.45, 7) is 2.13. The summed E-state index contributed by atoms with van der Waals surface area (Å²) in [5.41, 5.74) is 0.786. The van der Waals surface area contributed by atoms with Crippen LogP contribution in [-0.4, -0.2) is 12.1 Å². The molecule has 1 aromatic carbocycles. The Labute approximate surface area is 89.2 Å². The molecule has 0 unspecified atom stereocenters. The number of benzene rings is 1. The van der Waals surface area contributed by atoms with Gasteiger partial charge >= 0.3 is 5.97 Å². The van der Waals surface area contributed by atoms with Gasteiger partial charge in [-0.2, -0.15) is 0 Å². The molecule has 1 saturated carbocycles. The zero-order valence-corrected chi connectivity index (χ0v) is 8.77. The highest BCUT2D eigenvalue weighted by molar-refractivity contribution is 5.87. The van der Waals surface area contributed by atoms with Gasteiger partial charge in [-0.15, -0.1) is 0 Å². The first-order valence-electron chi connectivity index (χ1n) is 5.52. The van der Waals surface area contributed by atoms with E-state index in [0.717, 1.165) is 18.4 Å². The highest BCUT2D eigenvalue weighted by atomic mass is 16.6. The van der Waals surface area contributed by atoms with E-state index in [9.17, 15) is 4.79 Å². The lowest BCUT2D eigenvalue weighted by atomic mass is 9.74. The molecule has 2 bridgehead atoms. The quantitative estimate of drug-likeness (QED) is 0.653. The zero-order chi connectivity index (χ0) is 10.5. The van der Waals surface area contributed by atoms with Gasteiger partial charge in [0.1, 0.15) is 6.10 Å². The van der Waals surface area contributed by atoms with Crippen LogP contribution in [0.5, 0.6) is 0 Å². The number of fused-ring (bicyclic) bond motifs is 2. The Morgan fingerprint density at radius 3 is 2.60 bits per heavy atom. The topological polar surface area (TPSA) is 26.3 Å². The van der Waals surface area contributed by atoms with E-state index < -0.39 is 0 Å². The average Bonchev–Trinajstić information content (AvgIpc) is 2.71. The number of carbonyl (C=O) groups is 1. The summed E-state index contributed by atoms with van der Waals surface area (Å²) in [7, 11) is 0. The normalized spacial score (nSPS) is 38.1.